The van der Waals surface area contributed by atoms with Gasteiger partial charge in [-0.15, -0.1) is 24.0 Å². The summed E-state index contributed by atoms with van der Waals surface area (Å²) < 4.78 is 5.65. The summed E-state index contributed by atoms with van der Waals surface area (Å²) in [7, 11) is 0. The summed E-state index contributed by atoms with van der Waals surface area (Å²) in [6.45, 7) is 15.7. The van der Waals surface area contributed by atoms with E-state index in [-0.39, 0.29) is 24.0 Å². The topological polar surface area (TPSA) is 77.9 Å². The molecular weight excluding hydrogens is 493 g/mol. The molecule has 0 aromatic carbocycles. The van der Waals surface area contributed by atoms with Crippen molar-refractivity contribution in [1.82, 2.24) is 25.5 Å². The summed E-state index contributed by atoms with van der Waals surface area (Å²) >= 11 is 0. The van der Waals surface area contributed by atoms with Gasteiger partial charge in [0.15, 0.2) is 5.96 Å². The Kier molecular flexibility index (Phi) is 14.7. The molecule has 0 atom stereocenters. The maximum absolute atomic E-state index is 5.65. The van der Waals surface area contributed by atoms with Gasteiger partial charge < -0.3 is 20.3 Å². The highest BCUT2D eigenvalue weighted by molar-refractivity contribution is 14.0. The Morgan fingerprint density at radius 1 is 1.13 bits per heavy atom. The Hall–Kier alpha value is -1.20. The standard InChI is InChI=1S/C21H39N7O.HI/c1-4-22-20(24-11-18-29-17-7-19(2)3)23-10-6-12-27-13-15-28(16-14-27)21-25-8-5-9-26-21;/h5,8-9,19H,4,6-7,10-18H2,1-3H3,(H2,22,23,24);1H. The highest BCUT2D eigenvalue weighted by Crippen LogP contribution is 2.09. The van der Waals surface area contributed by atoms with E-state index in [1.54, 1.807) is 12.4 Å². The zero-order valence-corrected chi connectivity index (χ0v) is 21.2. The summed E-state index contributed by atoms with van der Waals surface area (Å²) in [5.74, 6) is 2.41. The molecule has 8 nitrogen and oxygen atoms in total. The molecule has 0 spiro atoms. The lowest BCUT2D eigenvalue weighted by Crippen LogP contribution is -2.47. The van der Waals surface area contributed by atoms with E-state index < -0.39 is 0 Å². The van der Waals surface area contributed by atoms with Crippen LogP contribution in [-0.2, 0) is 4.74 Å². The van der Waals surface area contributed by atoms with Crippen LogP contribution in [0.4, 0.5) is 5.95 Å². The average molecular weight is 534 g/mol. The summed E-state index contributed by atoms with van der Waals surface area (Å²) in [5, 5.41) is 6.65. The summed E-state index contributed by atoms with van der Waals surface area (Å²) in [6, 6.07) is 1.86. The van der Waals surface area contributed by atoms with Crippen molar-refractivity contribution in [3.63, 3.8) is 0 Å². The van der Waals surface area contributed by atoms with Crippen molar-refractivity contribution in [2.75, 3.05) is 70.5 Å². The SMILES string of the molecule is CCNC(=NCCCN1CCN(c2ncccn2)CC1)NCCOCCC(C)C.I. The third-order valence-electron chi connectivity index (χ3n) is 4.83. The van der Waals surface area contributed by atoms with Gasteiger partial charge in [0.2, 0.25) is 5.95 Å². The second-order valence-corrected chi connectivity index (χ2v) is 7.71. The average Bonchev–Trinajstić information content (AvgIpc) is 2.74. The fourth-order valence-corrected chi connectivity index (χ4v) is 3.12. The number of nitrogens with zero attached hydrogens (tertiary/aromatic N) is 5. The highest BCUT2D eigenvalue weighted by Gasteiger charge is 2.18. The Balaban J connectivity index is 0.00000450. The van der Waals surface area contributed by atoms with Crippen LogP contribution in [0.5, 0.6) is 0 Å². The lowest BCUT2D eigenvalue weighted by atomic mass is 10.1. The van der Waals surface area contributed by atoms with E-state index in [2.05, 4.69) is 56.2 Å². The van der Waals surface area contributed by atoms with Crippen molar-refractivity contribution < 1.29 is 4.74 Å². The quantitative estimate of drug-likeness (QED) is 0.185. The van der Waals surface area contributed by atoms with E-state index in [0.717, 1.165) is 83.7 Å². The molecule has 9 heteroatoms. The third-order valence-corrected chi connectivity index (χ3v) is 4.83. The Morgan fingerprint density at radius 3 is 2.53 bits per heavy atom. The number of anilines is 1. The number of ether oxygens (including phenoxy) is 1. The number of guanidine groups is 1. The minimum absolute atomic E-state index is 0. The molecule has 1 aliphatic rings. The molecule has 0 amide bonds. The molecule has 0 radical (unpaired) electrons. The van der Waals surface area contributed by atoms with Crippen LogP contribution in [0.3, 0.4) is 0 Å². The van der Waals surface area contributed by atoms with Gasteiger partial charge in [-0.1, -0.05) is 13.8 Å². The Morgan fingerprint density at radius 2 is 1.87 bits per heavy atom. The van der Waals surface area contributed by atoms with Crippen molar-refractivity contribution in [2.45, 2.75) is 33.6 Å². The highest BCUT2D eigenvalue weighted by atomic mass is 127. The number of aliphatic imine (C=N–C) groups is 1. The van der Waals surface area contributed by atoms with Gasteiger partial charge in [0.1, 0.15) is 0 Å². The van der Waals surface area contributed by atoms with Gasteiger partial charge in [0, 0.05) is 71.4 Å². The first-order valence-electron chi connectivity index (χ1n) is 11.0. The second-order valence-electron chi connectivity index (χ2n) is 7.71. The van der Waals surface area contributed by atoms with Crippen molar-refractivity contribution in [3.8, 4) is 0 Å². The van der Waals surface area contributed by atoms with Gasteiger partial charge in [-0.05, 0) is 31.7 Å². The minimum atomic E-state index is 0. The lowest BCUT2D eigenvalue weighted by Gasteiger charge is -2.34. The number of piperazine rings is 1. The predicted octanol–water partition coefficient (Wildman–Crippen LogP) is 2.22. The van der Waals surface area contributed by atoms with E-state index in [0.29, 0.717) is 12.5 Å². The van der Waals surface area contributed by atoms with Gasteiger partial charge in [0.05, 0.1) is 6.61 Å². The molecule has 0 aliphatic carbocycles. The number of hydrogen-bond acceptors (Lipinski definition) is 6. The molecule has 1 aromatic heterocycles. The van der Waals surface area contributed by atoms with Crippen molar-refractivity contribution in [3.05, 3.63) is 18.5 Å². The fraction of sp³-hybridized carbons (Fsp3) is 0.762. The molecule has 0 bridgehead atoms. The first-order valence-corrected chi connectivity index (χ1v) is 11.0. The molecule has 2 heterocycles. The minimum Gasteiger partial charge on any atom is -0.380 e. The number of halogens is 1. The largest absolute Gasteiger partial charge is 0.380 e. The lowest BCUT2D eigenvalue weighted by molar-refractivity contribution is 0.128. The second kappa shape index (κ2) is 16.5. The number of rotatable bonds is 12. The third kappa shape index (κ3) is 11.3. The number of hydrogen-bond donors (Lipinski definition) is 2. The van der Waals surface area contributed by atoms with E-state index >= 15 is 0 Å². The number of nitrogens with one attached hydrogen (secondary N) is 2. The molecule has 0 saturated carbocycles. The van der Waals surface area contributed by atoms with Gasteiger partial charge in [-0.2, -0.15) is 0 Å². The Labute approximate surface area is 199 Å². The first kappa shape index (κ1) is 26.8. The molecular formula is C21H40IN7O. The van der Waals surface area contributed by atoms with Crippen molar-refractivity contribution in [2.24, 2.45) is 10.9 Å². The predicted molar refractivity (Wildman–Crippen MR) is 135 cm³/mol. The van der Waals surface area contributed by atoms with E-state index in [1.807, 2.05) is 6.07 Å². The molecule has 2 N–H and O–H groups in total. The maximum Gasteiger partial charge on any atom is 0.225 e. The zero-order valence-electron chi connectivity index (χ0n) is 18.8. The van der Waals surface area contributed by atoms with Crippen LogP contribution < -0.4 is 15.5 Å². The van der Waals surface area contributed by atoms with Crippen LogP contribution in [-0.4, -0.2) is 86.4 Å². The Bertz CT molecular complexity index is 566. The molecule has 30 heavy (non-hydrogen) atoms. The van der Waals surface area contributed by atoms with Gasteiger partial charge in [-0.25, -0.2) is 9.97 Å². The fourth-order valence-electron chi connectivity index (χ4n) is 3.12. The molecule has 2 rings (SSSR count). The molecule has 1 fully saturated rings. The van der Waals surface area contributed by atoms with Crippen LogP contribution in [0.25, 0.3) is 0 Å². The van der Waals surface area contributed by atoms with E-state index in [9.17, 15) is 0 Å². The van der Waals surface area contributed by atoms with E-state index in [1.165, 1.54) is 0 Å². The summed E-state index contributed by atoms with van der Waals surface area (Å²) in [4.78, 5) is 18.1. The number of aromatic nitrogens is 2. The molecule has 1 aromatic rings. The molecule has 1 aliphatic heterocycles. The molecule has 172 valence electrons. The molecule has 0 unspecified atom stereocenters. The van der Waals surface area contributed by atoms with Gasteiger partial charge in [0.25, 0.3) is 0 Å². The van der Waals surface area contributed by atoms with E-state index in [4.69, 9.17) is 4.74 Å². The summed E-state index contributed by atoms with van der Waals surface area (Å²) in [5.41, 5.74) is 0. The van der Waals surface area contributed by atoms with Crippen LogP contribution in [0, 0.1) is 5.92 Å². The van der Waals surface area contributed by atoms with Gasteiger partial charge in [-0.3, -0.25) is 9.89 Å². The monoisotopic (exact) mass is 533 g/mol. The normalized spacial score (nSPS) is 15.2. The smallest absolute Gasteiger partial charge is 0.225 e. The van der Waals surface area contributed by atoms with Crippen LogP contribution >= 0.6 is 24.0 Å². The van der Waals surface area contributed by atoms with Crippen LogP contribution in [0.2, 0.25) is 0 Å². The van der Waals surface area contributed by atoms with Gasteiger partial charge >= 0.3 is 0 Å². The van der Waals surface area contributed by atoms with Crippen LogP contribution in [0.15, 0.2) is 23.5 Å². The first-order chi connectivity index (χ1) is 14.2. The summed E-state index contributed by atoms with van der Waals surface area (Å²) in [6.07, 6.45) is 5.78. The maximum atomic E-state index is 5.65. The van der Waals surface area contributed by atoms with Crippen molar-refractivity contribution in [1.29, 1.82) is 0 Å². The zero-order chi connectivity index (χ0) is 20.7. The van der Waals surface area contributed by atoms with Crippen LogP contribution in [0.1, 0.15) is 33.6 Å². The molecule has 1 saturated heterocycles. The van der Waals surface area contributed by atoms with Crippen molar-refractivity contribution >= 4 is 35.9 Å².